The highest BCUT2D eigenvalue weighted by Crippen LogP contribution is 2.46. The second-order valence-corrected chi connectivity index (χ2v) is 10.2. The van der Waals surface area contributed by atoms with Crippen LogP contribution in [-0.2, 0) is 9.59 Å². The molecule has 1 atom stereocenters. The molecule has 0 unspecified atom stereocenters. The maximum Gasteiger partial charge on any atom is 0.316 e. The molecule has 7 nitrogen and oxygen atoms in total. The Kier molecular flexibility index (Phi) is 6.85. The van der Waals surface area contributed by atoms with Crippen LogP contribution in [0.5, 0.6) is 5.75 Å². The molecule has 3 amide bonds. The Balaban J connectivity index is 1.36. The Morgan fingerprint density at radius 3 is 1.97 bits per heavy atom. The van der Waals surface area contributed by atoms with Crippen molar-refractivity contribution in [2.45, 2.75) is 6.42 Å². The summed E-state index contributed by atoms with van der Waals surface area (Å²) in [5, 5.41) is -0.135. The molecule has 0 aromatic heterocycles. The summed E-state index contributed by atoms with van der Waals surface area (Å²) >= 11 is 30.4. The van der Waals surface area contributed by atoms with Crippen LogP contribution in [0.2, 0.25) is 25.1 Å². The van der Waals surface area contributed by atoms with Gasteiger partial charge in [-0.2, -0.15) is 0 Å². The first-order valence-corrected chi connectivity index (χ1v) is 12.6. The van der Waals surface area contributed by atoms with E-state index < -0.39 is 23.7 Å². The smallest absolute Gasteiger partial charge is 0.316 e. The first kappa shape index (κ1) is 25.8. The highest BCUT2D eigenvalue weighted by Gasteiger charge is 2.43. The molecular formula is C25H13Cl5N2O5. The van der Waals surface area contributed by atoms with Gasteiger partial charge < -0.3 is 9.64 Å². The minimum Gasteiger partial charge on any atom is -0.426 e. The van der Waals surface area contributed by atoms with Crippen molar-refractivity contribution in [3.8, 4) is 5.75 Å². The van der Waals surface area contributed by atoms with Crippen LogP contribution in [0.3, 0.4) is 0 Å². The minimum atomic E-state index is -0.756. The van der Waals surface area contributed by atoms with Crippen LogP contribution in [0.1, 0.15) is 27.1 Å². The van der Waals surface area contributed by atoms with Gasteiger partial charge in [-0.1, -0.05) is 64.1 Å². The van der Waals surface area contributed by atoms with Gasteiger partial charge in [0.1, 0.15) is 5.75 Å². The van der Waals surface area contributed by atoms with Gasteiger partial charge in [0.05, 0.1) is 42.8 Å². The molecule has 1 fully saturated rings. The number of benzene rings is 3. The van der Waals surface area contributed by atoms with Crippen LogP contribution in [0, 0.1) is 5.92 Å². The van der Waals surface area contributed by atoms with E-state index in [1.807, 2.05) is 0 Å². The quantitative estimate of drug-likeness (QED) is 0.110. The molecule has 0 N–H and O–H groups in total. The van der Waals surface area contributed by atoms with Crippen molar-refractivity contribution >= 4 is 93.1 Å². The first-order chi connectivity index (χ1) is 17.6. The van der Waals surface area contributed by atoms with Gasteiger partial charge in [0.25, 0.3) is 11.8 Å². The average Bonchev–Trinajstić information content (AvgIpc) is 3.39. The van der Waals surface area contributed by atoms with Crippen LogP contribution < -0.4 is 14.5 Å². The van der Waals surface area contributed by atoms with Crippen molar-refractivity contribution in [2.24, 2.45) is 5.92 Å². The fraction of sp³-hybridized carbons (Fsp3) is 0.120. The van der Waals surface area contributed by atoms with Crippen LogP contribution in [0.4, 0.5) is 11.4 Å². The molecule has 2 aliphatic rings. The molecule has 0 aliphatic carbocycles. The van der Waals surface area contributed by atoms with Gasteiger partial charge in [0.2, 0.25) is 5.91 Å². The Morgan fingerprint density at radius 2 is 1.38 bits per heavy atom. The summed E-state index contributed by atoms with van der Waals surface area (Å²) in [6.07, 6.45) is -0.0297. The van der Waals surface area contributed by atoms with Crippen molar-refractivity contribution in [1.82, 2.24) is 0 Å². The largest absolute Gasteiger partial charge is 0.426 e. The van der Waals surface area contributed by atoms with Gasteiger partial charge in [0.15, 0.2) is 0 Å². The van der Waals surface area contributed by atoms with E-state index in [2.05, 4.69) is 0 Å². The second kappa shape index (κ2) is 9.82. The number of esters is 1. The zero-order valence-corrected chi connectivity index (χ0v) is 22.2. The summed E-state index contributed by atoms with van der Waals surface area (Å²) < 4.78 is 5.50. The number of amides is 3. The normalized spacial score (nSPS) is 17.0. The molecule has 188 valence electrons. The van der Waals surface area contributed by atoms with Gasteiger partial charge in [-0.25, -0.2) is 4.90 Å². The Hall–Kier alpha value is -2.81. The van der Waals surface area contributed by atoms with Crippen LogP contribution in [0.25, 0.3) is 0 Å². The second-order valence-electron chi connectivity index (χ2n) is 8.25. The molecule has 2 heterocycles. The number of rotatable bonds is 4. The number of imide groups is 1. The molecule has 3 aromatic rings. The number of ether oxygens (including phenoxy) is 1. The number of halogens is 5. The summed E-state index contributed by atoms with van der Waals surface area (Å²) in [7, 11) is 0. The summed E-state index contributed by atoms with van der Waals surface area (Å²) in [6.45, 7) is 0.135. The topological polar surface area (TPSA) is 84.0 Å². The van der Waals surface area contributed by atoms with Crippen LogP contribution >= 0.6 is 58.0 Å². The zero-order valence-electron chi connectivity index (χ0n) is 18.4. The Bertz CT molecular complexity index is 1460. The summed E-state index contributed by atoms with van der Waals surface area (Å²) in [5.74, 6) is -3.01. The number of anilines is 2. The number of nitrogens with zero attached hydrogens (tertiary/aromatic N) is 2. The first-order valence-electron chi connectivity index (χ1n) is 10.7. The van der Waals surface area contributed by atoms with Gasteiger partial charge in [0, 0.05) is 29.7 Å². The van der Waals surface area contributed by atoms with E-state index in [9.17, 15) is 19.2 Å². The molecule has 3 aromatic carbocycles. The van der Waals surface area contributed by atoms with Gasteiger partial charge in [-0.05, 0) is 36.4 Å². The lowest BCUT2D eigenvalue weighted by Crippen LogP contribution is -2.29. The van der Waals surface area contributed by atoms with E-state index in [4.69, 9.17) is 62.7 Å². The summed E-state index contributed by atoms with van der Waals surface area (Å²) in [6, 6.07) is 12.5. The maximum atomic E-state index is 13.1. The van der Waals surface area contributed by atoms with Crippen molar-refractivity contribution in [3.05, 3.63) is 84.8 Å². The van der Waals surface area contributed by atoms with E-state index in [-0.39, 0.29) is 61.5 Å². The molecule has 37 heavy (non-hydrogen) atoms. The number of hydrogen-bond acceptors (Lipinski definition) is 5. The van der Waals surface area contributed by atoms with Crippen molar-refractivity contribution < 1.29 is 23.9 Å². The van der Waals surface area contributed by atoms with Gasteiger partial charge >= 0.3 is 5.97 Å². The molecule has 0 spiro atoms. The lowest BCUT2D eigenvalue weighted by molar-refractivity contribution is -0.139. The lowest BCUT2D eigenvalue weighted by Gasteiger charge is -2.17. The van der Waals surface area contributed by atoms with Crippen LogP contribution in [-0.4, -0.2) is 30.2 Å². The van der Waals surface area contributed by atoms with Crippen LogP contribution in [0.15, 0.2) is 48.5 Å². The van der Waals surface area contributed by atoms with Crippen molar-refractivity contribution in [1.29, 1.82) is 0 Å². The molecule has 0 saturated carbocycles. The molecule has 1 saturated heterocycles. The average molecular weight is 599 g/mol. The fourth-order valence-electron chi connectivity index (χ4n) is 4.21. The van der Waals surface area contributed by atoms with Gasteiger partial charge in [-0.15, -0.1) is 0 Å². The molecular weight excluding hydrogens is 586 g/mol. The summed E-state index contributed by atoms with van der Waals surface area (Å²) in [4.78, 5) is 53.9. The van der Waals surface area contributed by atoms with E-state index in [1.54, 1.807) is 24.3 Å². The van der Waals surface area contributed by atoms with Crippen molar-refractivity contribution in [2.75, 3.05) is 16.3 Å². The number of carbonyl (C=O) groups is 4. The number of carbonyl (C=O) groups excluding carboxylic acids is 4. The third-order valence-electron chi connectivity index (χ3n) is 5.99. The molecule has 0 radical (unpaired) electrons. The highest BCUT2D eigenvalue weighted by molar-refractivity contribution is 6.56. The monoisotopic (exact) mass is 596 g/mol. The molecule has 12 heteroatoms. The number of fused-ring (bicyclic) bond motifs is 1. The number of hydrogen-bond donors (Lipinski definition) is 0. The van der Waals surface area contributed by atoms with E-state index in [1.165, 1.54) is 29.2 Å². The standard InChI is InChI=1S/C25H13Cl5N2O5/c26-12-4-6-13(7-5-12)31-10-11(8-16(31)33)25(36)37-15-3-1-2-14(9-15)32-23(34)17-18(24(32)35)20(28)22(30)21(29)19(17)27/h1-7,9,11H,8,10H2/t11-/m0/s1. The Labute approximate surface area is 235 Å². The van der Waals surface area contributed by atoms with Crippen molar-refractivity contribution in [3.63, 3.8) is 0 Å². The summed E-state index contributed by atoms with van der Waals surface area (Å²) in [5.41, 5.74) is 0.400. The fourth-order valence-corrected chi connectivity index (χ4v) is 5.35. The molecule has 2 aliphatic heterocycles. The third kappa shape index (κ3) is 4.45. The predicted molar refractivity (Wildman–Crippen MR) is 142 cm³/mol. The third-order valence-corrected chi connectivity index (χ3v) is 8.05. The lowest BCUT2D eigenvalue weighted by atomic mass is 10.1. The van der Waals surface area contributed by atoms with Gasteiger partial charge in [-0.3, -0.25) is 19.2 Å². The maximum absolute atomic E-state index is 13.1. The molecule has 5 rings (SSSR count). The highest BCUT2D eigenvalue weighted by atomic mass is 35.5. The van der Waals surface area contributed by atoms with E-state index >= 15 is 0 Å². The minimum absolute atomic E-state index is 0.0297. The zero-order chi connectivity index (χ0) is 26.6. The predicted octanol–water partition coefficient (Wildman–Crippen LogP) is 6.71. The Morgan fingerprint density at radius 1 is 0.784 bits per heavy atom. The SMILES string of the molecule is O=C(Oc1cccc(N2C(=O)c3c(Cl)c(Cl)c(Cl)c(Cl)c3C2=O)c1)[C@H]1CC(=O)N(c2ccc(Cl)cc2)C1. The molecule has 0 bridgehead atoms. The van der Waals surface area contributed by atoms with E-state index in [0.717, 1.165) is 4.90 Å². The van der Waals surface area contributed by atoms with E-state index in [0.29, 0.717) is 10.7 Å².